The van der Waals surface area contributed by atoms with Crippen molar-refractivity contribution in [2.45, 2.75) is 39.7 Å². The number of amides is 2. The number of nitrogens with zero attached hydrogens (tertiary/aromatic N) is 2. The molecule has 2 amide bonds. The number of aliphatic hydroxyl groups is 1. The predicted octanol–water partition coefficient (Wildman–Crippen LogP) is 3.49. The highest BCUT2D eigenvalue weighted by atomic mass is 35.5. The minimum absolute atomic E-state index is 0.132. The number of piperidine rings is 1. The van der Waals surface area contributed by atoms with E-state index in [4.69, 9.17) is 17.3 Å². The summed E-state index contributed by atoms with van der Waals surface area (Å²) in [7, 11) is 0. The van der Waals surface area contributed by atoms with Gasteiger partial charge in [0.2, 0.25) is 0 Å². The van der Waals surface area contributed by atoms with Crippen LogP contribution in [0.4, 0.5) is 5.82 Å². The van der Waals surface area contributed by atoms with Gasteiger partial charge in [0.1, 0.15) is 17.2 Å². The van der Waals surface area contributed by atoms with Crippen molar-refractivity contribution in [3.63, 3.8) is 0 Å². The van der Waals surface area contributed by atoms with Gasteiger partial charge in [0.15, 0.2) is 0 Å². The fourth-order valence-corrected chi connectivity index (χ4v) is 4.19. The largest absolute Gasteiger partial charge is 0.384 e. The van der Waals surface area contributed by atoms with Crippen LogP contribution in [0.15, 0.2) is 53.7 Å². The second-order valence-electron chi connectivity index (χ2n) is 9.00. The van der Waals surface area contributed by atoms with E-state index in [0.717, 1.165) is 5.56 Å². The van der Waals surface area contributed by atoms with E-state index in [9.17, 15) is 14.7 Å². The van der Waals surface area contributed by atoms with E-state index in [0.29, 0.717) is 30.1 Å². The molecule has 1 aromatic carbocycles. The lowest BCUT2D eigenvalue weighted by molar-refractivity contribution is -0.150. The normalized spacial score (nSPS) is 19.9. The maximum atomic E-state index is 13.4. The van der Waals surface area contributed by atoms with Gasteiger partial charge in [-0.2, -0.15) is 0 Å². The molecule has 0 aliphatic carbocycles. The SMILES string of the molecule is CC(C)=C(NC(=O)c1cccc(N)n1)C(=O)N1CC[C@](O)(c2ccc(Cl)cc2)C(C)(C)C1. The number of benzene rings is 1. The van der Waals surface area contributed by atoms with E-state index in [-0.39, 0.29) is 23.1 Å². The molecule has 1 saturated heterocycles. The molecule has 1 atom stereocenters. The van der Waals surface area contributed by atoms with Gasteiger partial charge in [0.05, 0.1) is 5.60 Å². The molecule has 3 rings (SSSR count). The first-order valence-corrected chi connectivity index (χ1v) is 10.8. The maximum Gasteiger partial charge on any atom is 0.274 e. The summed E-state index contributed by atoms with van der Waals surface area (Å²) in [6.45, 7) is 8.04. The number of nitrogen functional groups attached to an aromatic ring is 1. The molecule has 0 saturated carbocycles. The fourth-order valence-electron chi connectivity index (χ4n) is 4.06. The van der Waals surface area contributed by atoms with Crippen LogP contribution in [0.2, 0.25) is 5.02 Å². The number of anilines is 1. The molecule has 1 aliphatic rings. The van der Waals surface area contributed by atoms with Gasteiger partial charge >= 0.3 is 0 Å². The number of carbonyl (C=O) groups excluding carboxylic acids is 2. The molecular formula is C24H29ClN4O3. The molecule has 32 heavy (non-hydrogen) atoms. The van der Waals surface area contributed by atoms with Crippen molar-refractivity contribution in [1.82, 2.24) is 15.2 Å². The number of nitrogens with two attached hydrogens (primary N) is 1. The summed E-state index contributed by atoms with van der Waals surface area (Å²) in [5.41, 5.74) is 5.68. The van der Waals surface area contributed by atoms with Crippen molar-refractivity contribution < 1.29 is 14.7 Å². The number of pyridine rings is 1. The quantitative estimate of drug-likeness (QED) is 0.610. The Kier molecular flexibility index (Phi) is 6.62. The lowest BCUT2D eigenvalue weighted by Gasteiger charge is -2.50. The summed E-state index contributed by atoms with van der Waals surface area (Å²) in [4.78, 5) is 31.7. The molecule has 0 unspecified atom stereocenters. The van der Waals surface area contributed by atoms with Crippen LogP contribution < -0.4 is 11.1 Å². The lowest BCUT2D eigenvalue weighted by atomic mass is 9.66. The molecule has 4 N–H and O–H groups in total. The van der Waals surface area contributed by atoms with Crippen molar-refractivity contribution in [1.29, 1.82) is 0 Å². The van der Waals surface area contributed by atoms with Gasteiger partial charge in [-0.1, -0.05) is 43.6 Å². The fraction of sp³-hybridized carbons (Fsp3) is 0.375. The molecular weight excluding hydrogens is 428 g/mol. The van der Waals surface area contributed by atoms with Crippen LogP contribution in [0.25, 0.3) is 0 Å². The van der Waals surface area contributed by atoms with Crippen molar-refractivity contribution in [2.24, 2.45) is 5.41 Å². The van der Waals surface area contributed by atoms with Crippen molar-refractivity contribution >= 4 is 29.2 Å². The summed E-state index contributed by atoms with van der Waals surface area (Å²) in [6.07, 6.45) is 0.355. The van der Waals surface area contributed by atoms with Crippen LogP contribution in [0, 0.1) is 5.41 Å². The maximum absolute atomic E-state index is 13.4. The average molecular weight is 457 g/mol. The smallest absolute Gasteiger partial charge is 0.274 e. The van der Waals surface area contributed by atoms with Gasteiger partial charge in [-0.3, -0.25) is 9.59 Å². The second kappa shape index (κ2) is 8.92. The Morgan fingerprint density at radius 1 is 1.16 bits per heavy atom. The third-order valence-electron chi connectivity index (χ3n) is 6.01. The van der Waals surface area contributed by atoms with Crippen LogP contribution in [-0.2, 0) is 10.4 Å². The average Bonchev–Trinajstić information content (AvgIpc) is 2.73. The molecule has 0 bridgehead atoms. The highest BCUT2D eigenvalue weighted by molar-refractivity contribution is 6.30. The van der Waals surface area contributed by atoms with Crippen LogP contribution >= 0.6 is 11.6 Å². The highest BCUT2D eigenvalue weighted by Crippen LogP contribution is 2.46. The number of hydrogen-bond acceptors (Lipinski definition) is 5. The van der Waals surface area contributed by atoms with Gasteiger partial charge in [0.25, 0.3) is 11.8 Å². The number of halogens is 1. The first-order chi connectivity index (χ1) is 14.9. The Bertz CT molecular complexity index is 1060. The summed E-state index contributed by atoms with van der Waals surface area (Å²) in [5, 5.41) is 14.8. The first kappa shape index (κ1) is 23.8. The van der Waals surface area contributed by atoms with Gasteiger partial charge in [-0.15, -0.1) is 0 Å². The summed E-state index contributed by atoms with van der Waals surface area (Å²) >= 11 is 6.01. The van der Waals surface area contributed by atoms with E-state index in [1.807, 2.05) is 26.0 Å². The number of nitrogens with one attached hydrogen (secondary N) is 1. The van der Waals surface area contributed by atoms with Crippen LogP contribution in [0.5, 0.6) is 0 Å². The van der Waals surface area contributed by atoms with Crippen LogP contribution in [0.3, 0.4) is 0 Å². The Hall–Kier alpha value is -2.90. The topological polar surface area (TPSA) is 109 Å². The Morgan fingerprint density at radius 3 is 2.38 bits per heavy atom. The van der Waals surface area contributed by atoms with E-state index < -0.39 is 16.9 Å². The summed E-state index contributed by atoms with van der Waals surface area (Å²) in [6, 6.07) is 11.9. The minimum Gasteiger partial charge on any atom is -0.384 e. The zero-order chi connectivity index (χ0) is 23.7. The molecule has 1 aromatic heterocycles. The Balaban J connectivity index is 1.80. The number of likely N-dealkylation sites (tertiary alicyclic amines) is 1. The molecule has 0 spiro atoms. The Labute approximate surface area is 193 Å². The molecule has 2 aromatic rings. The molecule has 7 nitrogen and oxygen atoms in total. The second-order valence-corrected chi connectivity index (χ2v) is 9.44. The summed E-state index contributed by atoms with van der Waals surface area (Å²) in [5.74, 6) is -0.578. The number of carbonyl (C=O) groups is 2. The van der Waals surface area contributed by atoms with Crippen molar-refractivity contribution in [3.8, 4) is 0 Å². The molecule has 1 fully saturated rings. The molecule has 170 valence electrons. The standard InChI is InChI=1S/C24H29ClN4O3/c1-15(2)20(28-21(30)18-6-5-7-19(26)27-18)22(31)29-13-12-24(32,23(3,4)14-29)16-8-10-17(25)11-9-16/h5-11,32H,12-14H2,1-4H3,(H2,26,27)(H,28,30)/t24-/m0/s1. The highest BCUT2D eigenvalue weighted by Gasteiger charge is 2.50. The van der Waals surface area contributed by atoms with Gasteiger partial charge in [-0.05, 0) is 55.7 Å². The molecule has 0 radical (unpaired) electrons. The predicted molar refractivity (Wildman–Crippen MR) is 125 cm³/mol. The minimum atomic E-state index is -1.12. The first-order valence-electron chi connectivity index (χ1n) is 10.4. The lowest BCUT2D eigenvalue weighted by Crippen LogP contribution is -2.57. The van der Waals surface area contributed by atoms with Crippen LogP contribution in [-0.4, -0.2) is 39.9 Å². The van der Waals surface area contributed by atoms with Gasteiger partial charge in [-0.25, -0.2) is 4.98 Å². The van der Waals surface area contributed by atoms with Crippen LogP contribution in [0.1, 0.15) is 50.2 Å². The third kappa shape index (κ3) is 4.64. The summed E-state index contributed by atoms with van der Waals surface area (Å²) < 4.78 is 0. The van der Waals surface area contributed by atoms with Crippen molar-refractivity contribution in [3.05, 3.63) is 70.0 Å². The number of hydrogen-bond donors (Lipinski definition) is 3. The van der Waals surface area contributed by atoms with Gasteiger partial charge < -0.3 is 21.1 Å². The number of rotatable bonds is 4. The van der Waals surface area contributed by atoms with E-state index >= 15 is 0 Å². The van der Waals surface area contributed by atoms with E-state index in [1.165, 1.54) is 6.07 Å². The number of aromatic nitrogens is 1. The zero-order valence-corrected chi connectivity index (χ0v) is 19.5. The van der Waals surface area contributed by atoms with Gasteiger partial charge in [0, 0.05) is 23.5 Å². The Morgan fingerprint density at radius 2 is 1.81 bits per heavy atom. The van der Waals surface area contributed by atoms with E-state index in [2.05, 4.69) is 10.3 Å². The van der Waals surface area contributed by atoms with Crippen molar-refractivity contribution in [2.75, 3.05) is 18.8 Å². The third-order valence-corrected chi connectivity index (χ3v) is 6.27. The monoisotopic (exact) mass is 456 g/mol. The molecule has 1 aliphatic heterocycles. The molecule has 8 heteroatoms. The molecule has 2 heterocycles. The zero-order valence-electron chi connectivity index (χ0n) is 18.8. The number of allylic oxidation sites excluding steroid dienone is 1. The van der Waals surface area contributed by atoms with E-state index in [1.54, 1.807) is 43.0 Å².